The molecule has 0 bridgehead atoms. The van der Waals surface area contributed by atoms with Crippen LogP contribution in [0, 0.1) is 0 Å². The molecule has 1 aliphatic heterocycles. The first-order valence-corrected chi connectivity index (χ1v) is 7.08. The highest BCUT2D eigenvalue weighted by Gasteiger charge is 2.17. The van der Waals surface area contributed by atoms with Gasteiger partial charge in [0.2, 0.25) is 5.91 Å². The maximum atomic E-state index is 12.1. The minimum absolute atomic E-state index is 0.0548. The highest BCUT2D eigenvalue weighted by Crippen LogP contribution is 2.20. The summed E-state index contributed by atoms with van der Waals surface area (Å²) in [7, 11) is 3.45. The molecule has 1 amide bonds. The van der Waals surface area contributed by atoms with Crippen LogP contribution in [-0.4, -0.2) is 67.1 Å². The van der Waals surface area contributed by atoms with Gasteiger partial charge in [0.1, 0.15) is 11.3 Å². The van der Waals surface area contributed by atoms with Gasteiger partial charge < -0.3 is 19.6 Å². The fourth-order valence-corrected chi connectivity index (χ4v) is 2.30. The maximum absolute atomic E-state index is 12.1. The summed E-state index contributed by atoms with van der Waals surface area (Å²) in [6, 6.07) is 4.80. The van der Waals surface area contributed by atoms with E-state index in [4.69, 9.17) is 9.84 Å². The lowest BCUT2D eigenvalue weighted by molar-refractivity contribution is -0.127. The molecule has 1 N–H and O–H groups in total. The Morgan fingerprint density at radius 1 is 1.23 bits per heavy atom. The zero-order chi connectivity index (χ0) is 16.1. The van der Waals surface area contributed by atoms with Crippen LogP contribution in [0.5, 0.6) is 5.75 Å². The number of carboxylic acids is 1. The highest BCUT2D eigenvalue weighted by molar-refractivity contribution is 5.94. The fraction of sp³-hybridized carbons (Fsp3) is 0.375. The van der Waals surface area contributed by atoms with Gasteiger partial charge in [-0.25, -0.2) is 4.79 Å². The summed E-state index contributed by atoms with van der Waals surface area (Å²) >= 11 is 0. The Morgan fingerprint density at radius 3 is 2.50 bits per heavy atom. The number of ether oxygens (including phenoxy) is 1. The molecule has 1 aliphatic rings. The SMILES string of the molecule is COc1ccc(/C=C/C(=O)N2CCN(C)CC2)cc1C(=O)O. The second-order valence-corrected chi connectivity index (χ2v) is 5.23. The summed E-state index contributed by atoms with van der Waals surface area (Å²) in [6.45, 7) is 3.15. The van der Waals surface area contributed by atoms with E-state index < -0.39 is 5.97 Å². The maximum Gasteiger partial charge on any atom is 0.339 e. The van der Waals surface area contributed by atoms with Crippen LogP contribution in [-0.2, 0) is 4.79 Å². The number of amides is 1. The van der Waals surface area contributed by atoms with Crippen LogP contribution in [0.4, 0.5) is 0 Å². The second kappa shape index (κ2) is 7.09. The second-order valence-electron chi connectivity index (χ2n) is 5.23. The zero-order valence-electron chi connectivity index (χ0n) is 12.8. The van der Waals surface area contributed by atoms with Crippen LogP contribution in [0.1, 0.15) is 15.9 Å². The van der Waals surface area contributed by atoms with E-state index in [1.807, 2.05) is 7.05 Å². The van der Waals surface area contributed by atoms with E-state index in [2.05, 4.69) is 4.90 Å². The van der Waals surface area contributed by atoms with Crippen molar-refractivity contribution in [3.8, 4) is 5.75 Å². The van der Waals surface area contributed by atoms with Crippen molar-refractivity contribution in [3.05, 3.63) is 35.4 Å². The number of nitrogens with zero attached hydrogens (tertiary/aromatic N) is 2. The normalized spacial score (nSPS) is 16.0. The molecule has 1 fully saturated rings. The first-order chi connectivity index (χ1) is 10.5. The summed E-state index contributed by atoms with van der Waals surface area (Å²) in [5, 5.41) is 9.14. The molecule has 0 aromatic heterocycles. The number of hydrogen-bond acceptors (Lipinski definition) is 4. The lowest BCUT2D eigenvalue weighted by Crippen LogP contribution is -2.46. The molecule has 1 heterocycles. The fourth-order valence-electron chi connectivity index (χ4n) is 2.30. The molecule has 2 rings (SSSR count). The van der Waals surface area contributed by atoms with Gasteiger partial charge in [0.15, 0.2) is 0 Å². The van der Waals surface area contributed by atoms with Crippen molar-refractivity contribution in [2.75, 3.05) is 40.3 Å². The molecule has 0 unspecified atom stereocenters. The van der Waals surface area contributed by atoms with Gasteiger partial charge in [0.25, 0.3) is 0 Å². The molecule has 1 aromatic rings. The number of methoxy groups -OCH3 is 1. The molecule has 1 aromatic carbocycles. The number of piperazine rings is 1. The number of carbonyl (C=O) groups excluding carboxylic acids is 1. The van der Waals surface area contributed by atoms with E-state index in [0.29, 0.717) is 24.4 Å². The van der Waals surface area contributed by atoms with Crippen LogP contribution in [0.2, 0.25) is 0 Å². The van der Waals surface area contributed by atoms with Crippen LogP contribution in [0.3, 0.4) is 0 Å². The Hall–Kier alpha value is -2.34. The molecule has 0 saturated carbocycles. The first kappa shape index (κ1) is 16.0. The Kier molecular flexibility index (Phi) is 5.16. The van der Waals surface area contributed by atoms with Crippen molar-refractivity contribution < 1.29 is 19.4 Å². The predicted molar refractivity (Wildman–Crippen MR) is 83.1 cm³/mol. The van der Waals surface area contributed by atoms with Gasteiger partial charge in [-0.3, -0.25) is 4.79 Å². The van der Waals surface area contributed by atoms with E-state index in [-0.39, 0.29) is 11.5 Å². The van der Waals surface area contributed by atoms with Crippen LogP contribution in [0.15, 0.2) is 24.3 Å². The van der Waals surface area contributed by atoms with E-state index in [9.17, 15) is 9.59 Å². The molecular weight excluding hydrogens is 284 g/mol. The third-order valence-corrected chi connectivity index (χ3v) is 3.69. The zero-order valence-corrected chi connectivity index (χ0v) is 12.8. The number of benzene rings is 1. The molecule has 0 radical (unpaired) electrons. The average Bonchev–Trinajstić information content (AvgIpc) is 2.53. The van der Waals surface area contributed by atoms with Crippen molar-refractivity contribution >= 4 is 18.0 Å². The minimum atomic E-state index is -1.06. The standard InChI is InChI=1S/C16H20N2O4/c1-17-7-9-18(10-8-17)15(19)6-4-12-3-5-14(22-2)13(11-12)16(20)21/h3-6,11H,7-10H2,1-2H3,(H,20,21)/b6-4+. The molecule has 1 saturated heterocycles. The third kappa shape index (κ3) is 3.85. The smallest absolute Gasteiger partial charge is 0.339 e. The number of rotatable bonds is 4. The highest BCUT2D eigenvalue weighted by atomic mass is 16.5. The number of carbonyl (C=O) groups is 2. The Balaban J connectivity index is 2.08. The van der Waals surface area contributed by atoms with E-state index in [0.717, 1.165) is 13.1 Å². The number of aromatic carboxylic acids is 1. The number of likely N-dealkylation sites (N-methyl/N-ethyl adjacent to an activating group) is 1. The van der Waals surface area contributed by atoms with E-state index in [1.165, 1.54) is 19.3 Å². The molecule has 6 heteroatoms. The molecule has 118 valence electrons. The first-order valence-electron chi connectivity index (χ1n) is 7.08. The van der Waals surface area contributed by atoms with Crippen molar-refractivity contribution in [1.29, 1.82) is 0 Å². The lowest BCUT2D eigenvalue weighted by Gasteiger charge is -2.31. The summed E-state index contributed by atoms with van der Waals surface area (Å²) in [5.41, 5.74) is 0.734. The Bertz CT molecular complexity index is 590. The van der Waals surface area contributed by atoms with Gasteiger partial charge in [-0.15, -0.1) is 0 Å². The summed E-state index contributed by atoms with van der Waals surface area (Å²) < 4.78 is 5.01. The third-order valence-electron chi connectivity index (χ3n) is 3.69. The summed E-state index contributed by atoms with van der Waals surface area (Å²) in [4.78, 5) is 27.2. The van der Waals surface area contributed by atoms with Crippen molar-refractivity contribution in [2.24, 2.45) is 0 Å². The Morgan fingerprint density at radius 2 is 1.91 bits per heavy atom. The monoisotopic (exact) mass is 304 g/mol. The molecular formula is C16H20N2O4. The van der Waals surface area contributed by atoms with Crippen molar-refractivity contribution in [2.45, 2.75) is 0 Å². The average molecular weight is 304 g/mol. The largest absolute Gasteiger partial charge is 0.496 e. The van der Waals surface area contributed by atoms with E-state index >= 15 is 0 Å². The Labute approximate surface area is 129 Å². The molecule has 22 heavy (non-hydrogen) atoms. The lowest BCUT2D eigenvalue weighted by atomic mass is 10.1. The number of hydrogen-bond donors (Lipinski definition) is 1. The summed E-state index contributed by atoms with van der Waals surface area (Å²) in [5.74, 6) is -0.812. The van der Waals surface area contributed by atoms with Crippen molar-refractivity contribution in [1.82, 2.24) is 9.80 Å². The number of carboxylic acid groups (broad SMARTS) is 1. The van der Waals surface area contributed by atoms with Crippen LogP contribution >= 0.6 is 0 Å². The summed E-state index contributed by atoms with van der Waals surface area (Å²) in [6.07, 6.45) is 3.12. The van der Waals surface area contributed by atoms with Gasteiger partial charge in [0, 0.05) is 32.3 Å². The van der Waals surface area contributed by atoms with Crippen LogP contribution < -0.4 is 4.74 Å². The predicted octanol–water partition coefficient (Wildman–Crippen LogP) is 1.18. The van der Waals surface area contributed by atoms with Gasteiger partial charge in [0.05, 0.1) is 7.11 Å². The topological polar surface area (TPSA) is 70.1 Å². The van der Waals surface area contributed by atoms with Crippen LogP contribution in [0.25, 0.3) is 6.08 Å². The molecule has 0 aliphatic carbocycles. The molecule has 6 nitrogen and oxygen atoms in total. The molecule has 0 spiro atoms. The van der Waals surface area contributed by atoms with E-state index in [1.54, 1.807) is 23.1 Å². The van der Waals surface area contributed by atoms with Gasteiger partial charge >= 0.3 is 5.97 Å². The molecule has 0 atom stereocenters. The van der Waals surface area contributed by atoms with Gasteiger partial charge in [-0.05, 0) is 30.8 Å². The minimum Gasteiger partial charge on any atom is -0.496 e. The van der Waals surface area contributed by atoms with Crippen molar-refractivity contribution in [3.63, 3.8) is 0 Å². The van der Waals surface area contributed by atoms with Gasteiger partial charge in [-0.1, -0.05) is 6.07 Å². The quantitative estimate of drug-likeness (QED) is 0.846. The van der Waals surface area contributed by atoms with Gasteiger partial charge in [-0.2, -0.15) is 0 Å².